The number of carboxylic acids is 1. The number of carboxylic acid groups (broad SMARTS) is 1. The van der Waals surface area contributed by atoms with Crippen molar-refractivity contribution in [3.63, 3.8) is 0 Å². The quantitative estimate of drug-likeness (QED) is 0.608. The Morgan fingerprint density at radius 1 is 1.19 bits per heavy atom. The SMILES string of the molecule is CCCC(CCO)CNC(=O)C1CC(CC)CC1C(=O)O. The van der Waals surface area contributed by atoms with E-state index in [0.717, 1.165) is 19.3 Å². The van der Waals surface area contributed by atoms with Gasteiger partial charge in [-0.15, -0.1) is 0 Å². The molecule has 5 nitrogen and oxygen atoms in total. The normalized spacial score (nSPS) is 26.5. The summed E-state index contributed by atoms with van der Waals surface area (Å²) >= 11 is 0. The Morgan fingerprint density at radius 3 is 2.38 bits per heavy atom. The Kier molecular flexibility index (Phi) is 7.72. The van der Waals surface area contributed by atoms with Gasteiger partial charge in [-0.25, -0.2) is 0 Å². The molecule has 0 aromatic heterocycles. The number of amides is 1. The highest BCUT2D eigenvalue weighted by Gasteiger charge is 2.42. The first-order valence-electron chi connectivity index (χ1n) is 8.14. The largest absolute Gasteiger partial charge is 0.481 e. The summed E-state index contributed by atoms with van der Waals surface area (Å²) in [6.07, 6.45) is 4.87. The van der Waals surface area contributed by atoms with Crippen LogP contribution in [0.2, 0.25) is 0 Å². The molecule has 0 radical (unpaired) electrons. The Hall–Kier alpha value is -1.10. The minimum atomic E-state index is -0.855. The van der Waals surface area contributed by atoms with Crippen molar-refractivity contribution in [2.24, 2.45) is 23.7 Å². The molecular weight excluding hydrogens is 270 g/mol. The van der Waals surface area contributed by atoms with Crippen molar-refractivity contribution in [3.8, 4) is 0 Å². The van der Waals surface area contributed by atoms with Crippen LogP contribution in [0.5, 0.6) is 0 Å². The third-order valence-electron chi connectivity index (χ3n) is 4.69. The molecule has 1 rings (SSSR count). The van der Waals surface area contributed by atoms with Gasteiger partial charge in [0.05, 0.1) is 11.8 Å². The lowest BCUT2D eigenvalue weighted by Crippen LogP contribution is -2.38. The Labute approximate surface area is 127 Å². The molecule has 0 heterocycles. The summed E-state index contributed by atoms with van der Waals surface area (Å²) in [6.45, 7) is 4.78. The molecule has 1 saturated carbocycles. The van der Waals surface area contributed by atoms with Crippen molar-refractivity contribution in [2.75, 3.05) is 13.2 Å². The van der Waals surface area contributed by atoms with Crippen LogP contribution in [-0.2, 0) is 9.59 Å². The standard InChI is InChI=1S/C16H29NO4/c1-3-5-12(6-7-18)10-17-15(19)13-8-11(4-2)9-14(13)16(20)21/h11-14,18H,3-10H2,1-2H3,(H,17,19)(H,20,21). The maximum atomic E-state index is 12.3. The van der Waals surface area contributed by atoms with Gasteiger partial charge < -0.3 is 15.5 Å². The first-order valence-corrected chi connectivity index (χ1v) is 8.14. The highest BCUT2D eigenvalue weighted by molar-refractivity contribution is 5.85. The Morgan fingerprint density at radius 2 is 1.86 bits per heavy atom. The zero-order chi connectivity index (χ0) is 15.8. The molecule has 4 atom stereocenters. The lowest BCUT2D eigenvalue weighted by molar-refractivity contribution is -0.146. The van der Waals surface area contributed by atoms with Gasteiger partial charge in [0.15, 0.2) is 0 Å². The van der Waals surface area contributed by atoms with Crippen molar-refractivity contribution < 1.29 is 19.8 Å². The minimum absolute atomic E-state index is 0.125. The number of carbonyl (C=O) groups excluding carboxylic acids is 1. The van der Waals surface area contributed by atoms with Crippen molar-refractivity contribution in [2.45, 2.75) is 52.4 Å². The molecule has 122 valence electrons. The molecule has 0 spiro atoms. The van der Waals surface area contributed by atoms with E-state index in [-0.39, 0.29) is 18.4 Å². The Bertz CT molecular complexity index is 339. The summed E-state index contributed by atoms with van der Waals surface area (Å²) in [5.74, 6) is -1.31. The number of carbonyl (C=O) groups is 2. The van der Waals surface area contributed by atoms with Gasteiger partial charge in [-0.05, 0) is 37.5 Å². The first-order chi connectivity index (χ1) is 10.0. The summed E-state index contributed by atoms with van der Waals surface area (Å²) in [5.41, 5.74) is 0. The lowest BCUT2D eigenvalue weighted by atomic mass is 9.94. The fourth-order valence-electron chi connectivity index (χ4n) is 3.35. The number of hydrogen-bond acceptors (Lipinski definition) is 3. The molecule has 4 unspecified atom stereocenters. The van der Waals surface area contributed by atoms with E-state index in [2.05, 4.69) is 12.2 Å². The second-order valence-corrected chi connectivity index (χ2v) is 6.21. The summed E-state index contributed by atoms with van der Waals surface area (Å²) in [4.78, 5) is 23.6. The summed E-state index contributed by atoms with van der Waals surface area (Å²) in [6, 6.07) is 0. The second-order valence-electron chi connectivity index (χ2n) is 6.21. The van der Waals surface area contributed by atoms with Crippen LogP contribution >= 0.6 is 0 Å². The van der Waals surface area contributed by atoms with E-state index in [4.69, 9.17) is 5.11 Å². The maximum Gasteiger partial charge on any atom is 0.307 e. The number of rotatable bonds is 9. The average molecular weight is 299 g/mol. The average Bonchev–Trinajstić information content (AvgIpc) is 2.89. The van der Waals surface area contributed by atoms with Gasteiger partial charge in [-0.3, -0.25) is 9.59 Å². The second kappa shape index (κ2) is 9.03. The molecule has 0 saturated heterocycles. The topological polar surface area (TPSA) is 86.6 Å². The lowest BCUT2D eigenvalue weighted by Gasteiger charge is -2.19. The zero-order valence-electron chi connectivity index (χ0n) is 13.2. The van der Waals surface area contributed by atoms with E-state index < -0.39 is 17.8 Å². The number of aliphatic carboxylic acids is 1. The van der Waals surface area contributed by atoms with Crippen molar-refractivity contribution in [3.05, 3.63) is 0 Å². The van der Waals surface area contributed by atoms with Gasteiger partial charge in [0.1, 0.15) is 0 Å². The monoisotopic (exact) mass is 299 g/mol. The van der Waals surface area contributed by atoms with Crippen molar-refractivity contribution >= 4 is 11.9 Å². The first kappa shape index (κ1) is 18.0. The van der Waals surface area contributed by atoms with Gasteiger partial charge in [0.2, 0.25) is 5.91 Å². The molecule has 1 aliphatic carbocycles. The smallest absolute Gasteiger partial charge is 0.307 e. The van der Waals surface area contributed by atoms with E-state index in [9.17, 15) is 14.7 Å². The van der Waals surface area contributed by atoms with E-state index in [1.54, 1.807) is 0 Å². The number of hydrogen-bond donors (Lipinski definition) is 3. The molecule has 3 N–H and O–H groups in total. The van der Waals surface area contributed by atoms with E-state index >= 15 is 0 Å². The minimum Gasteiger partial charge on any atom is -0.481 e. The number of nitrogens with one attached hydrogen (secondary N) is 1. The molecule has 0 aromatic carbocycles. The molecule has 5 heteroatoms. The third-order valence-corrected chi connectivity index (χ3v) is 4.69. The molecule has 0 aliphatic heterocycles. The molecule has 1 aliphatic rings. The third kappa shape index (κ3) is 5.30. The summed E-state index contributed by atoms with van der Waals surface area (Å²) in [5, 5.41) is 21.2. The van der Waals surface area contributed by atoms with Crippen molar-refractivity contribution in [1.29, 1.82) is 0 Å². The van der Waals surface area contributed by atoms with Gasteiger partial charge >= 0.3 is 5.97 Å². The van der Waals surface area contributed by atoms with Gasteiger partial charge in [0.25, 0.3) is 0 Å². The van der Waals surface area contributed by atoms with Crippen LogP contribution in [0.3, 0.4) is 0 Å². The zero-order valence-corrected chi connectivity index (χ0v) is 13.2. The van der Waals surface area contributed by atoms with E-state index in [1.807, 2.05) is 6.92 Å². The van der Waals surface area contributed by atoms with Crippen LogP contribution < -0.4 is 5.32 Å². The molecular formula is C16H29NO4. The van der Waals surface area contributed by atoms with Crippen molar-refractivity contribution in [1.82, 2.24) is 5.32 Å². The molecule has 1 fully saturated rings. The van der Waals surface area contributed by atoms with Gasteiger partial charge in [-0.2, -0.15) is 0 Å². The molecule has 1 amide bonds. The summed E-state index contributed by atoms with van der Waals surface area (Å²) < 4.78 is 0. The van der Waals surface area contributed by atoms with Crippen LogP contribution in [0, 0.1) is 23.7 Å². The summed E-state index contributed by atoms with van der Waals surface area (Å²) in [7, 11) is 0. The fourth-order valence-corrected chi connectivity index (χ4v) is 3.35. The van der Waals surface area contributed by atoms with Gasteiger partial charge in [0, 0.05) is 13.2 Å². The predicted molar refractivity (Wildman–Crippen MR) is 80.7 cm³/mol. The van der Waals surface area contributed by atoms with Crippen LogP contribution in [0.4, 0.5) is 0 Å². The Balaban J connectivity index is 2.54. The predicted octanol–water partition coefficient (Wildman–Crippen LogP) is 2.04. The number of aliphatic hydroxyl groups excluding tert-OH is 1. The van der Waals surface area contributed by atoms with E-state index in [0.29, 0.717) is 31.7 Å². The number of aliphatic hydroxyl groups is 1. The highest BCUT2D eigenvalue weighted by atomic mass is 16.4. The van der Waals surface area contributed by atoms with Crippen LogP contribution in [-0.4, -0.2) is 35.2 Å². The van der Waals surface area contributed by atoms with Gasteiger partial charge in [-0.1, -0.05) is 26.7 Å². The molecule has 0 aromatic rings. The van der Waals surface area contributed by atoms with E-state index in [1.165, 1.54) is 0 Å². The highest BCUT2D eigenvalue weighted by Crippen LogP contribution is 2.38. The van der Waals surface area contributed by atoms with Crippen LogP contribution in [0.15, 0.2) is 0 Å². The van der Waals surface area contributed by atoms with Crippen LogP contribution in [0.1, 0.15) is 52.4 Å². The fraction of sp³-hybridized carbons (Fsp3) is 0.875. The molecule has 0 bridgehead atoms. The van der Waals surface area contributed by atoms with Crippen LogP contribution in [0.25, 0.3) is 0 Å². The maximum absolute atomic E-state index is 12.3. The molecule has 21 heavy (non-hydrogen) atoms.